The molecule has 1 N–H and O–H groups in total. The first-order valence-corrected chi connectivity index (χ1v) is 6.18. The van der Waals surface area contributed by atoms with Crippen molar-refractivity contribution in [2.45, 2.75) is 0 Å². The van der Waals surface area contributed by atoms with Crippen molar-refractivity contribution in [3.63, 3.8) is 0 Å². The van der Waals surface area contributed by atoms with Crippen molar-refractivity contribution in [3.8, 4) is 5.75 Å². The van der Waals surface area contributed by atoms with E-state index >= 15 is 0 Å². The summed E-state index contributed by atoms with van der Waals surface area (Å²) < 4.78 is 4.90. The number of methoxy groups -OCH3 is 1. The van der Waals surface area contributed by atoms with Gasteiger partial charge in [-0.25, -0.2) is 5.43 Å². The summed E-state index contributed by atoms with van der Waals surface area (Å²) in [6, 6.07) is 9.26. The van der Waals surface area contributed by atoms with Gasteiger partial charge in [-0.3, -0.25) is 19.9 Å². The van der Waals surface area contributed by atoms with Gasteiger partial charge >= 0.3 is 5.69 Å². The number of rotatable bonds is 5. The van der Waals surface area contributed by atoms with E-state index in [1.54, 1.807) is 24.3 Å². The van der Waals surface area contributed by atoms with Crippen LogP contribution in [0.2, 0.25) is 0 Å². The number of aromatic nitrogens is 1. The highest BCUT2D eigenvalue weighted by atomic mass is 16.6. The fraction of sp³-hybridized carbons (Fsp3) is 0.0714. The second-order valence-corrected chi connectivity index (χ2v) is 4.10. The van der Waals surface area contributed by atoms with Gasteiger partial charge in [-0.1, -0.05) is 6.07 Å². The van der Waals surface area contributed by atoms with Crippen LogP contribution < -0.4 is 10.2 Å². The number of nitro benzene ring substituents is 1. The molecule has 0 aliphatic heterocycles. The zero-order chi connectivity index (χ0) is 15.9. The van der Waals surface area contributed by atoms with Crippen molar-refractivity contribution in [3.05, 3.63) is 64.0 Å². The lowest BCUT2D eigenvalue weighted by Crippen LogP contribution is -2.18. The molecule has 0 unspecified atom stereocenters. The summed E-state index contributed by atoms with van der Waals surface area (Å²) in [7, 11) is 1.35. The molecule has 0 atom stereocenters. The monoisotopic (exact) mass is 300 g/mol. The van der Waals surface area contributed by atoms with Gasteiger partial charge in [-0.15, -0.1) is 0 Å². The van der Waals surface area contributed by atoms with Gasteiger partial charge in [0.2, 0.25) is 0 Å². The van der Waals surface area contributed by atoms with Crippen molar-refractivity contribution in [2.24, 2.45) is 5.10 Å². The Hall–Kier alpha value is -3.29. The summed E-state index contributed by atoms with van der Waals surface area (Å²) in [6.45, 7) is 0. The third-order valence-electron chi connectivity index (χ3n) is 2.68. The minimum Gasteiger partial charge on any atom is -0.490 e. The van der Waals surface area contributed by atoms with Crippen molar-refractivity contribution in [1.82, 2.24) is 10.4 Å². The number of nitro groups is 1. The number of hydrogen-bond donors (Lipinski definition) is 1. The fourth-order valence-electron chi connectivity index (χ4n) is 1.65. The van der Waals surface area contributed by atoms with E-state index in [2.05, 4.69) is 15.5 Å². The first-order chi connectivity index (χ1) is 10.6. The number of pyridine rings is 1. The fourth-order valence-corrected chi connectivity index (χ4v) is 1.65. The first-order valence-electron chi connectivity index (χ1n) is 6.18. The van der Waals surface area contributed by atoms with E-state index in [4.69, 9.17) is 4.74 Å². The van der Waals surface area contributed by atoms with Crippen molar-refractivity contribution in [2.75, 3.05) is 7.11 Å². The lowest BCUT2D eigenvalue weighted by molar-refractivity contribution is -0.385. The van der Waals surface area contributed by atoms with Gasteiger partial charge in [0, 0.05) is 17.8 Å². The molecule has 1 heterocycles. The number of amides is 1. The molecule has 1 amide bonds. The Labute approximate surface area is 125 Å². The molecule has 8 heteroatoms. The summed E-state index contributed by atoms with van der Waals surface area (Å²) in [6.07, 6.45) is 2.79. The van der Waals surface area contributed by atoms with E-state index in [0.717, 1.165) is 0 Å². The van der Waals surface area contributed by atoms with Crippen molar-refractivity contribution < 1.29 is 14.5 Å². The molecule has 1 aromatic heterocycles. The van der Waals surface area contributed by atoms with Crippen LogP contribution in [0.5, 0.6) is 5.75 Å². The minimum atomic E-state index is -0.553. The van der Waals surface area contributed by atoms with Gasteiger partial charge in [-0.2, -0.15) is 5.10 Å². The average Bonchev–Trinajstić information content (AvgIpc) is 2.55. The van der Waals surface area contributed by atoms with Crippen LogP contribution >= 0.6 is 0 Å². The largest absolute Gasteiger partial charge is 0.490 e. The SMILES string of the molecule is COc1ccc(/C=N/NC(=O)c2ccccn2)cc1[N+](=O)[O-]. The average molecular weight is 300 g/mol. The number of ether oxygens (including phenoxy) is 1. The lowest BCUT2D eigenvalue weighted by atomic mass is 10.2. The Bertz CT molecular complexity index is 716. The standard InChI is InChI=1S/C14H12N4O4/c1-22-13-6-5-10(8-12(13)18(20)21)9-16-17-14(19)11-4-2-3-7-15-11/h2-9H,1H3,(H,17,19)/b16-9+. The van der Waals surface area contributed by atoms with Crippen LogP contribution in [0.25, 0.3) is 0 Å². The van der Waals surface area contributed by atoms with Crippen LogP contribution in [0.3, 0.4) is 0 Å². The number of hydrazone groups is 1. The Kier molecular flexibility index (Phi) is 4.76. The van der Waals surface area contributed by atoms with E-state index in [1.165, 1.54) is 31.7 Å². The van der Waals surface area contributed by atoms with E-state index in [-0.39, 0.29) is 17.1 Å². The van der Waals surface area contributed by atoms with E-state index in [1.807, 2.05) is 0 Å². The van der Waals surface area contributed by atoms with Crippen LogP contribution in [0, 0.1) is 10.1 Å². The molecule has 1 aromatic carbocycles. The molecule has 0 bridgehead atoms. The van der Waals surface area contributed by atoms with Gasteiger partial charge in [0.25, 0.3) is 5.91 Å². The first kappa shape index (κ1) is 15.1. The highest BCUT2D eigenvalue weighted by Gasteiger charge is 2.14. The van der Waals surface area contributed by atoms with E-state index in [9.17, 15) is 14.9 Å². The second kappa shape index (κ2) is 6.93. The summed E-state index contributed by atoms with van der Waals surface area (Å²) in [5, 5.41) is 14.6. The lowest BCUT2D eigenvalue weighted by Gasteiger charge is -2.02. The number of nitrogens with one attached hydrogen (secondary N) is 1. The topological polar surface area (TPSA) is 107 Å². The normalized spacial score (nSPS) is 10.4. The molecule has 0 fully saturated rings. The Balaban J connectivity index is 2.09. The third-order valence-corrected chi connectivity index (χ3v) is 2.68. The zero-order valence-corrected chi connectivity index (χ0v) is 11.6. The van der Waals surface area contributed by atoms with Crippen LogP contribution in [0.15, 0.2) is 47.7 Å². The molecule has 112 valence electrons. The van der Waals surface area contributed by atoms with Crippen molar-refractivity contribution in [1.29, 1.82) is 0 Å². The highest BCUT2D eigenvalue weighted by molar-refractivity contribution is 5.93. The Morgan fingerprint density at radius 3 is 2.86 bits per heavy atom. The number of hydrogen-bond acceptors (Lipinski definition) is 6. The maximum Gasteiger partial charge on any atom is 0.311 e. The second-order valence-electron chi connectivity index (χ2n) is 4.10. The van der Waals surface area contributed by atoms with Gasteiger partial charge in [0.05, 0.1) is 18.2 Å². The summed E-state index contributed by atoms with van der Waals surface area (Å²) in [5.74, 6) is -0.320. The highest BCUT2D eigenvalue weighted by Crippen LogP contribution is 2.26. The Morgan fingerprint density at radius 2 is 2.23 bits per heavy atom. The molecule has 8 nitrogen and oxygen atoms in total. The van der Waals surface area contributed by atoms with Gasteiger partial charge < -0.3 is 4.74 Å². The predicted molar refractivity (Wildman–Crippen MR) is 78.9 cm³/mol. The molecule has 0 radical (unpaired) electrons. The number of benzene rings is 1. The number of carbonyl (C=O) groups excluding carboxylic acids is 1. The summed E-state index contributed by atoms with van der Waals surface area (Å²) >= 11 is 0. The molecular formula is C14H12N4O4. The van der Waals surface area contributed by atoms with E-state index in [0.29, 0.717) is 5.56 Å². The maximum atomic E-state index is 11.7. The van der Waals surface area contributed by atoms with Crippen LogP contribution in [0.4, 0.5) is 5.69 Å². The molecule has 0 aliphatic rings. The summed E-state index contributed by atoms with van der Waals surface area (Å²) in [5.41, 5.74) is 2.79. The molecule has 22 heavy (non-hydrogen) atoms. The summed E-state index contributed by atoms with van der Waals surface area (Å²) in [4.78, 5) is 25.9. The quantitative estimate of drug-likeness (QED) is 0.514. The molecule has 0 saturated heterocycles. The Morgan fingerprint density at radius 1 is 1.41 bits per heavy atom. The smallest absolute Gasteiger partial charge is 0.311 e. The molecular weight excluding hydrogens is 288 g/mol. The molecule has 0 aliphatic carbocycles. The van der Waals surface area contributed by atoms with Crippen LogP contribution in [0.1, 0.15) is 16.1 Å². The van der Waals surface area contributed by atoms with Gasteiger partial charge in [-0.05, 0) is 24.3 Å². The zero-order valence-electron chi connectivity index (χ0n) is 11.6. The number of carbonyl (C=O) groups is 1. The molecule has 2 rings (SSSR count). The van der Waals surface area contributed by atoms with Crippen LogP contribution in [-0.2, 0) is 0 Å². The predicted octanol–water partition coefficient (Wildman–Crippen LogP) is 1.76. The molecule has 2 aromatic rings. The van der Waals surface area contributed by atoms with E-state index < -0.39 is 10.8 Å². The number of nitrogens with zero attached hydrogens (tertiary/aromatic N) is 3. The molecule has 0 spiro atoms. The maximum absolute atomic E-state index is 11.7. The van der Waals surface area contributed by atoms with Crippen molar-refractivity contribution >= 4 is 17.8 Å². The third kappa shape index (κ3) is 3.63. The van der Waals surface area contributed by atoms with Gasteiger partial charge in [0.1, 0.15) is 5.69 Å². The minimum absolute atomic E-state index is 0.152. The van der Waals surface area contributed by atoms with Crippen LogP contribution in [-0.4, -0.2) is 29.1 Å². The molecule has 0 saturated carbocycles. The van der Waals surface area contributed by atoms with Gasteiger partial charge in [0.15, 0.2) is 5.75 Å².